The van der Waals surface area contributed by atoms with E-state index >= 15 is 0 Å². The summed E-state index contributed by atoms with van der Waals surface area (Å²) in [7, 11) is 0. The van der Waals surface area contributed by atoms with Crippen LogP contribution in [0.5, 0.6) is 0 Å². The van der Waals surface area contributed by atoms with E-state index < -0.39 is 0 Å². The Kier molecular flexibility index (Phi) is 2.90. The molecule has 1 aromatic heterocycles. The highest BCUT2D eigenvalue weighted by molar-refractivity contribution is 7.80. The van der Waals surface area contributed by atoms with E-state index in [4.69, 9.17) is 18.0 Å². The van der Waals surface area contributed by atoms with Crippen molar-refractivity contribution in [1.29, 1.82) is 0 Å². The van der Waals surface area contributed by atoms with E-state index in [1.807, 2.05) is 9.47 Å². The fourth-order valence-corrected chi connectivity index (χ4v) is 2.32. The van der Waals surface area contributed by atoms with Crippen molar-refractivity contribution in [3.05, 3.63) is 41.7 Å². The van der Waals surface area contributed by atoms with Gasteiger partial charge in [-0.2, -0.15) is 0 Å². The summed E-state index contributed by atoms with van der Waals surface area (Å²) >= 11 is 4.84. The Morgan fingerprint density at radius 2 is 2.21 bits per heavy atom. The Morgan fingerprint density at radius 1 is 1.37 bits per heavy atom. The van der Waals surface area contributed by atoms with Crippen molar-refractivity contribution in [3.8, 4) is 0 Å². The summed E-state index contributed by atoms with van der Waals surface area (Å²) in [5, 5.41) is 7.87. The van der Waals surface area contributed by atoms with Crippen LogP contribution in [0.15, 0.2) is 24.5 Å². The lowest BCUT2D eigenvalue weighted by Gasteiger charge is -2.29. The molecule has 0 atom stereocenters. The number of benzene rings is 1. The molecule has 2 heterocycles. The maximum atomic E-state index is 14.1. The molecular formula is C12H12FN5S. The van der Waals surface area contributed by atoms with Gasteiger partial charge in [-0.3, -0.25) is 0 Å². The average Bonchev–Trinajstić information content (AvgIpc) is 2.85. The van der Waals surface area contributed by atoms with E-state index in [-0.39, 0.29) is 10.8 Å². The third kappa shape index (κ3) is 2.17. The van der Waals surface area contributed by atoms with Gasteiger partial charge in [-0.15, -0.1) is 10.2 Å². The molecule has 0 fully saturated rings. The Balaban J connectivity index is 1.90. The smallest absolute Gasteiger partial charge is 0.152 e. The van der Waals surface area contributed by atoms with Crippen molar-refractivity contribution in [2.24, 2.45) is 5.73 Å². The summed E-state index contributed by atoms with van der Waals surface area (Å²) in [5.41, 5.74) is 6.56. The highest BCUT2D eigenvalue weighted by atomic mass is 32.1. The topological polar surface area (TPSA) is 60.0 Å². The zero-order chi connectivity index (χ0) is 13.4. The number of hydrogen-bond donors (Lipinski definition) is 1. The first-order valence-electron chi connectivity index (χ1n) is 5.86. The number of halogens is 1. The predicted octanol–water partition coefficient (Wildman–Crippen LogP) is 1.07. The van der Waals surface area contributed by atoms with Crippen LogP contribution in [0.1, 0.15) is 11.4 Å². The third-order valence-electron chi connectivity index (χ3n) is 3.21. The molecule has 0 saturated carbocycles. The monoisotopic (exact) mass is 277 g/mol. The van der Waals surface area contributed by atoms with Gasteiger partial charge in [0, 0.05) is 18.7 Å². The summed E-state index contributed by atoms with van der Waals surface area (Å²) in [5.74, 6) is 0.516. The normalized spacial score (nSPS) is 14.3. The summed E-state index contributed by atoms with van der Waals surface area (Å²) in [6, 6.07) is 4.81. The van der Waals surface area contributed by atoms with Crippen LogP contribution in [0, 0.1) is 5.82 Å². The van der Waals surface area contributed by atoms with E-state index in [0.717, 1.165) is 12.4 Å². The standard InChI is InChI=1S/C12H12FN5S/c13-9-5-8(12(14)19)1-2-10(9)17-3-4-18-7-15-16-11(18)6-17/h1-2,5,7H,3-4,6H2,(H2,14,19). The minimum absolute atomic E-state index is 0.198. The molecule has 0 spiro atoms. The van der Waals surface area contributed by atoms with Crippen LogP contribution in [-0.2, 0) is 13.1 Å². The molecule has 0 aliphatic carbocycles. The number of aromatic nitrogens is 3. The maximum absolute atomic E-state index is 14.1. The van der Waals surface area contributed by atoms with Crippen LogP contribution < -0.4 is 10.6 Å². The van der Waals surface area contributed by atoms with Crippen molar-refractivity contribution in [3.63, 3.8) is 0 Å². The molecule has 0 saturated heterocycles. The summed E-state index contributed by atoms with van der Waals surface area (Å²) in [6.07, 6.45) is 1.69. The molecule has 0 bridgehead atoms. The zero-order valence-corrected chi connectivity index (χ0v) is 10.9. The van der Waals surface area contributed by atoms with Crippen LogP contribution in [-0.4, -0.2) is 26.3 Å². The van der Waals surface area contributed by atoms with Crippen molar-refractivity contribution < 1.29 is 4.39 Å². The first-order valence-corrected chi connectivity index (χ1v) is 6.27. The second-order valence-electron chi connectivity index (χ2n) is 4.39. The molecule has 0 amide bonds. The molecule has 2 N–H and O–H groups in total. The van der Waals surface area contributed by atoms with Gasteiger partial charge in [0.2, 0.25) is 0 Å². The lowest BCUT2D eigenvalue weighted by molar-refractivity contribution is 0.544. The molecule has 98 valence electrons. The second kappa shape index (κ2) is 4.58. The maximum Gasteiger partial charge on any atom is 0.152 e. The molecule has 5 nitrogen and oxygen atoms in total. The van der Waals surface area contributed by atoms with E-state index in [2.05, 4.69) is 10.2 Å². The fraction of sp³-hybridized carbons (Fsp3) is 0.250. The van der Waals surface area contributed by atoms with Crippen LogP contribution in [0.25, 0.3) is 0 Å². The van der Waals surface area contributed by atoms with Gasteiger partial charge in [-0.25, -0.2) is 4.39 Å². The van der Waals surface area contributed by atoms with Gasteiger partial charge < -0.3 is 15.2 Å². The van der Waals surface area contributed by atoms with Gasteiger partial charge in [-0.05, 0) is 18.2 Å². The molecular weight excluding hydrogens is 265 g/mol. The van der Waals surface area contributed by atoms with E-state index in [9.17, 15) is 4.39 Å². The molecule has 7 heteroatoms. The Hall–Kier alpha value is -2.02. The molecule has 19 heavy (non-hydrogen) atoms. The predicted molar refractivity (Wildman–Crippen MR) is 73.4 cm³/mol. The van der Waals surface area contributed by atoms with Crippen LogP contribution in [0.3, 0.4) is 0 Å². The molecule has 0 radical (unpaired) electrons. The fourth-order valence-electron chi connectivity index (χ4n) is 2.19. The second-order valence-corrected chi connectivity index (χ2v) is 4.83. The Morgan fingerprint density at radius 3 is 2.95 bits per heavy atom. The van der Waals surface area contributed by atoms with Crippen molar-refractivity contribution in [1.82, 2.24) is 14.8 Å². The van der Waals surface area contributed by atoms with E-state index in [1.165, 1.54) is 6.07 Å². The largest absolute Gasteiger partial charge is 0.389 e. The first kappa shape index (κ1) is 12.0. The molecule has 2 aromatic rings. The van der Waals surface area contributed by atoms with Crippen LogP contribution in [0.4, 0.5) is 10.1 Å². The van der Waals surface area contributed by atoms with Crippen LogP contribution in [0.2, 0.25) is 0 Å². The van der Waals surface area contributed by atoms with Gasteiger partial charge in [0.15, 0.2) is 5.82 Å². The molecule has 1 aliphatic heterocycles. The number of thiocarbonyl (C=S) groups is 1. The highest BCUT2D eigenvalue weighted by Gasteiger charge is 2.20. The minimum atomic E-state index is -0.321. The van der Waals surface area contributed by atoms with Gasteiger partial charge in [0.1, 0.15) is 17.1 Å². The van der Waals surface area contributed by atoms with Crippen molar-refractivity contribution in [2.75, 3.05) is 11.4 Å². The lowest BCUT2D eigenvalue weighted by atomic mass is 10.1. The first-order chi connectivity index (χ1) is 9.15. The van der Waals surface area contributed by atoms with Gasteiger partial charge in [0.25, 0.3) is 0 Å². The molecule has 1 aliphatic rings. The number of hydrogen-bond acceptors (Lipinski definition) is 4. The number of anilines is 1. The number of nitrogens with zero attached hydrogens (tertiary/aromatic N) is 4. The van der Waals surface area contributed by atoms with Crippen LogP contribution >= 0.6 is 12.2 Å². The van der Waals surface area contributed by atoms with E-state index in [0.29, 0.717) is 24.3 Å². The SMILES string of the molecule is NC(=S)c1ccc(N2CCn3cnnc3C2)c(F)c1. The Labute approximate surface area is 114 Å². The van der Waals surface area contributed by atoms with Crippen molar-refractivity contribution >= 4 is 22.9 Å². The number of rotatable bonds is 2. The molecule has 1 aromatic carbocycles. The van der Waals surface area contributed by atoms with Gasteiger partial charge in [-0.1, -0.05) is 12.2 Å². The quantitative estimate of drug-likeness (QED) is 0.832. The summed E-state index contributed by atoms with van der Waals surface area (Å²) in [6.45, 7) is 2.01. The Bertz CT molecular complexity index is 639. The van der Waals surface area contributed by atoms with Gasteiger partial charge in [0.05, 0.1) is 12.2 Å². The average molecular weight is 277 g/mol. The highest BCUT2D eigenvalue weighted by Crippen LogP contribution is 2.24. The van der Waals surface area contributed by atoms with Gasteiger partial charge >= 0.3 is 0 Å². The molecule has 0 unspecified atom stereocenters. The number of nitrogens with two attached hydrogens (primary N) is 1. The summed E-state index contributed by atoms with van der Waals surface area (Å²) < 4.78 is 16.1. The summed E-state index contributed by atoms with van der Waals surface area (Å²) in [4.78, 5) is 2.13. The van der Waals surface area contributed by atoms with Crippen molar-refractivity contribution in [2.45, 2.75) is 13.1 Å². The molecule has 3 rings (SSSR count). The zero-order valence-electron chi connectivity index (χ0n) is 10.1. The minimum Gasteiger partial charge on any atom is -0.389 e. The number of fused-ring (bicyclic) bond motifs is 1. The van der Waals surface area contributed by atoms with E-state index in [1.54, 1.807) is 18.5 Å². The lowest BCUT2D eigenvalue weighted by Crippen LogP contribution is -2.34. The third-order valence-corrected chi connectivity index (χ3v) is 3.45.